The van der Waals surface area contributed by atoms with Crippen molar-refractivity contribution in [3.63, 3.8) is 0 Å². The molecule has 39 heavy (non-hydrogen) atoms. The molecule has 0 saturated heterocycles. The highest BCUT2D eigenvalue weighted by Crippen LogP contribution is 2.24. The third-order valence-corrected chi connectivity index (χ3v) is 4.07. The number of nitro groups is 8. The average Bonchev–Trinajstić information content (AvgIpc) is 2.78. The van der Waals surface area contributed by atoms with E-state index in [1.54, 1.807) is 0 Å². The van der Waals surface area contributed by atoms with Gasteiger partial charge in [0, 0.05) is 4.91 Å². The van der Waals surface area contributed by atoms with E-state index < -0.39 is 92.1 Å². The van der Waals surface area contributed by atoms with E-state index in [0.717, 1.165) is 0 Å². The van der Waals surface area contributed by atoms with Crippen molar-refractivity contribution in [1.29, 1.82) is 0 Å². The van der Waals surface area contributed by atoms with E-state index >= 15 is 0 Å². The van der Waals surface area contributed by atoms with Crippen LogP contribution in [0, 0.1) is 80.9 Å². The van der Waals surface area contributed by atoms with Crippen molar-refractivity contribution in [1.82, 2.24) is 15.0 Å². The number of aromatic nitrogens is 3. The van der Waals surface area contributed by atoms with Crippen molar-refractivity contribution >= 4 is 17.8 Å². The van der Waals surface area contributed by atoms with Gasteiger partial charge in [-0.2, -0.15) is 15.0 Å². The standard InChI is InChI=1S/C7H4N16O16/c8-13-12-3-9-4(14(22(36)37)1-6(16(24)25,17(26)27)18(28)29)11-5(10-3)15(23(38)39)2-7(19(30)31,20(32)33)21(34)35/h1-2H2. The Kier molecular flexibility index (Phi) is 8.35. The minimum atomic E-state index is -4.63. The number of rotatable bonds is 15. The SMILES string of the molecule is [N-]=[N+]=Nc1nc(N(CC([N+](=O)[O-])([N+](=O)[O-])[N+](=O)[O-])[N+](=O)[O-])nc(N(CC([N+](=O)[O-])([N+](=O)[O-])[N+](=O)[O-])[N+](=O)[O-])n1. The molecule has 0 aliphatic rings. The fourth-order valence-electron chi connectivity index (χ4n) is 2.21. The summed E-state index contributed by atoms with van der Waals surface area (Å²) >= 11 is 0. The third kappa shape index (κ3) is 5.37. The molecule has 0 aliphatic heterocycles. The number of azide groups is 1. The third-order valence-electron chi connectivity index (χ3n) is 4.07. The molecule has 1 rings (SSSR count). The highest BCUT2D eigenvalue weighted by molar-refractivity contribution is 5.40. The quantitative estimate of drug-likeness (QED) is 0.0539. The molecule has 1 aromatic rings. The zero-order valence-electron chi connectivity index (χ0n) is 17.6. The van der Waals surface area contributed by atoms with Crippen LogP contribution in [0.2, 0.25) is 0 Å². The summed E-state index contributed by atoms with van der Waals surface area (Å²) < 4.78 is 0. The van der Waals surface area contributed by atoms with Crippen LogP contribution in [0.25, 0.3) is 10.4 Å². The van der Waals surface area contributed by atoms with Crippen LogP contribution in [0.4, 0.5) is 17.8 Å². The number of hydrazine groups is 2. The van der Waals surface area contributed by atoms with Crippen molar-refractivity contribution in [2.24, 2.45) is 5.11 Å². The molecule has 0 atom stereocenters. The van der Waals surface area contributed by atoms with E-state index in [0.29, 0.717) is 0 Å². The molecule has 0 aromatic carbocycles. The molecule has 0 saturated carbocycles. The molecule has 0 aliphatic carbocycles. The fourth-order valence-corrected chi connectivity index (χ4v) is 2.21. The molecule has 0 bridgehead atoms. The first kappa shape index (κ1) is 30.2. The minimum absolute atomic E-state index is 0.935. The first-order valence-electron chi connectivity index (χ1n) is 8.41. The smallest absolute Gasteiger partial charge is 0.253 e. The van der Waals surface area contributed by atoms with Crippen molar-refractivity contribution in [2.45, 2.75) is 11.6 Å². The minimum Gasteiger partial charge on any atom is -0.253 e. The summed E-state index contributed by atoms with van der Waals surface area (Å²) in [4.78, 5) is 87.6. The molecule has 208 valence electrons. The molecule has 32 heteroatoms. The summed E-state index contributed by atoms with van der Waals surface area (Å²) in [7, 11) is 0. The summed E-state index contributed by atoms with van der Waals surface area (Å²) in [5.41, 5.74) is 8.53. The van der Waals surface area contributed by atoms with E-state index in [9.17, 15) is 80.9 Å². The van der Waals surface area contributed by atoms with Gasteiger partial charge in [-0.1, -0.05) is 0 Å². The summed E-state index contributed by atoms with van der Waals surface area (Å²) in [5, 5.41) is 86.8. The lowest BCUT2D eigenvalue weighted by molar-refractivity contribution is -0.968. The van der Waals surface area contributed by atoms with Crippen LogP contribution in [0.5, 0.6) is 0 Å². The maximum atomic E-state index is 11.5. The second kappa shape index (κ2) is 10.8. The van der Waals surface area contributed by atoms with Crippen LogP contribution >= 0.6 is 0 Å². The Hall–Kier alpha value is -6.88. The Morgan fingerprint density at radius 3 is 1.10 bits per heavy atom. The van der Waals surface area contributed by atoms with E-state index in [2.05, 4.69) is 25.0 Å². The summed E-state index contributed by atoms with van der Waals surface area (Å²) in [6.45, 7) is -4.96. The van der Waals surface area contributed by atoms with E-state index in [1.807, 2.05) is 0 Å². The number of nitrogens with zero attached hydrogens (tertiary/aromatic N) is 16. The molecule has 32 nitrogen and oxygen atoms in total. The van der Waals surface area contributed by atoms with Gasteiger partial charge in [-0.3, -0.25) is 60.7 Å². The first-order chi connectivity index (χ1) is 17.9. The molecule has 0 amide bonds. The van der Waals surface area contributed by atoms with Gasteiger partial charge in [0.15, 0.2) is 39.6 Å². The molecule has 0 radical (unpaired) electrons. The van der Waals surface area contributed by atoms with Crippen molar-refractivity contribution < 1.29 is 39.6 Å². The van der Waals surface area contributed by atoms with Gasteiger partial charge in [-0.25, -0.2) is 20.2 Å². The van der Waals surface area contributed by atoms with Crippen LogP contribution in [0.1, 0.15) is 0 Å². The van der Waals surface area contributed by atoms with Crippen molar-refractivity contribution in [2.75, 3.05) is 23.1 Å². The Balaban J connectivity index is 4.01. The molecule has 1 aromatic heterocycles. The van der Waals surface area contributed by atoms with Gasteiger partial charge >= 0.3 is 24.7 Å². The molecule has 0 spiro atoms. The van der Waals surface area contributed by atoms with Crippen LogP contribution < -0.4 is 10.0 Å². The topological polar surface area (TPSA) is 439 Å². The molecule has 0 unspecified atom stereocenters. The Morgan fingerprint density at radius 2 is 0.897 bits per heavy atom. The van der Waals surface area contributed by atoms with Crippen LogP contribution in [0.15, 0.2) is 5.11 Å². The largest absolute Gasteiger partial charge is 0.724 e. The molecule has 0 fully saturated rings. The van der Waals surface area contributed by atoms with Crippen LogP contribution in [-0.2, 0) is 0 Å². The van der Waals surface area contributed by atoms with E-state index in [-0.39, 0.29) is 0 Å². The predicted molar refractivity (Wildman–Crippen MR) is 105 cm³/mol. The lowest BCUT2D eigenvalue weighted by atomic mass is 10.3. The Labute approximate surface area is 204 Å². The number of hydrogen-bond acceptors (Lipinski definition) is 20. The van der Waals surface area contributed by atoms with Crippen molar-refractivity contribution in [3.05, 3.63) is 91.4 Å². The van der Waals surface area contributed by atoms with Crippen LogP contribution in [-0.4, -0.2) is 79.2 Å². The average molecular weight is 568 g/mol. The predicted octanol–water partition coefficient (Wildman–Crippen LogP) is -2.22. The normalized spacial score (nSPS) is 10.9. The van der Waals surface area contributed by atoms with E-state index in [4.69, 9.17) is 5.53 Å². The maximum absolute atomic E-state index is 11.5. The van der Waals surface area contributed by atoms with Crippen LogP contribution in [0.3, 0.4) is 0 Å². The Morgan fingerprint density at radius 1 is 0.615 bits per heavy atom. The molecule has 1 heterocycles. The summed E-state index contributed by atoms with van der Waals surface area (Å²) in [5.74, 6) is -14.4. The summed E-state index contributed by atoms with van der Waals surface area (Å²) in [6, 6.07) is 0. The zero-order valence-corrected chi connectivity index (χ0v) is 17.6. The molecule has 0 N–H and O–H groups in total. The number of hydrogen-bond donors (Lipinski definition) is 0. The lowest BCUT2D eigenvalue weighted by Gasteiger charge is -2.16. The summed E-state index contributed by atoms with van der Waals surface area (Å²) in [6.07, 6.45) is 0. The monoisotopic (exact) mass is 568 g/mol. The van der Waals surface area contributed by atoms with Gasteiger partial charge in [0.1, 0.15) is 0 Å². The molecular formula is C7H4N16O16. The lowest BCUT2D eigenvalue weighted by Crippen LogP contribution is -2.62. The van der Waals surface area contributed by atoms with Gasteiger partial charge in [-0.15, -0.1) is 0 Å². The first-order valence-corrected chi connectivity index (χ1v) is 8.41. The Bertz CT molecular complexity index is 1180. The van der Waals surface area contributed by atoms with Gasteiger partial charge < -0.3 is 0 Å². The highest BCUT2D eigenvalue weighted by atomic mass is 16.8. The van der Waals surface area contributed by atoms with Gasteiger partial charge in [-0.05, 0) is 20.7 Å². The van der Waals surface area contributed by atoms with Crippen molar-refractivity contribution in [3.8, 4) is 0 Å². The second-order valence-corrected chi connectivity index (χ2v) is 6.11. The van der Waals surface area contributed by atoms with Gasteiger partial charge in [0.05, 0.1) is 0 Å². The second-order valence-electron chi connectivity index (χ2n) is 6.11. The fraction of sp³-hybridized carbons (Fsp3) is 0.571. The van der Waals surface area contributed by atoms with Gasteiger partial charge in [0.25, 0.3) is 11.9 Å². The van der Waals surface area contributed by atoms with E-state index in [1.165, 1.54) is 0 Å². The maximum Gasteiger partial charge on any atom is 0.724 e. The van der Waals surface area contributed by atoms with Gasteiger partial charge in [0.2, 0.25) is 5.95 Å². The highest BCUT2D eigenvalue weighted by Gasteiger charge is 2.75. The zero-order chi connectivity index (χ0) is 30.5. The molecular weight excluding hydrogens is 564 g/mol. The number of anilines is 2.